The van der Waals surface area contributed by atoms with Crippen molar-refractivity contribution in [1.82, 2.24) is 25.2 Å². The average molecular weight is 564 g/mol. The Balaban J connectivity index is 1.10. The van der Waals surface area contributed by atoms with Gasteiger partial charge in [-0.25, -0.2) is 19.6 Å². The van der Waals surface area contributed by atoms with Crippen molar-refractivity contribution in [2.24, 2.45) is 0 Å². The minimum absolute atomic E-state index is 0.0643. The zero-order valence-corrected chi connectivity index (χ0v) is 22.3. The lowest BCUT2D eigenvalue weighted by Gasteiger charge is -2.19. The van der Waals surface area contributed by atoms with Crippen molar-refractivity contribution in [2.45, 2.75) is 19.1 Å². The highest BCUT2D eigenvalue weighted by Crippen LogP contribution is 2.30. The third-order valence-corrected chi connectivity index (χ3v) is 6.42. The molecule has 3 aromatic rings. The van der Waals surface area contributed by atoms with Gasteiger partial charge in [0.2, 0.25) is 5.88 Å². The van der Waals surface area contributed by atoms with Gasteiger partial charge < -0.3 is 34.9 Å². The predicted octanol–water partition coefficient (Wildman–Crippen LogP) is 2.36. The Hall–Kier alpha value is -4.98. The monoisotopic (exact) mass is 563 g/mol. The van der Waals surface area contributed by atoms with Crippen LogP contribution in [0.3, 0.4) is 0 Å². The van der Waals surface area contributed by atoms with E-state index >= 15 is 0 Å². The maximum absolute atomic E-state index is 12.5. The molecule has 3 amide bonds. The van der Waals surface area contributed by atoms with Gasteiger partial charge in [0.1, 0.15) is 18.5 Å². The van der Waals surface area contributed by atoms with Gasteiger partial charge in [-0.2, -0.15) is 0 Å². The number of carboxylic acid groups (broad SMARTS) is 1. The van der Waals surface area contributed by atoms with Crippen molar-refractivity contribution in [2.75, 3.05) is 50.1 Å². The van der Waals surface area contributed by atoms with E-state index in [0.29, 0.717) is 49.2 Å². The molecule has 1 saturated heterocycles. The van der Waals surface area contributed by atoms with Crippen LogP contribution in [0.4, 0.5) is 21.2 Å². The summed E-state index contributed by atoms with van der Waals surface area (Å²) in [5, 5.41) is 15.0. The van der Waals surface area contributed by atoms with E-state index in [-0.39, 0.29) is 37.6 Å². The van der Waals surface area contributed by atoms with Crippen LogP contribution < -0.4 is 25.0 Å². The highest BCUT2D eigenvalue weighted by Gasteiger charge is 2.33. The SMILES string of the molecule is CN(CCOc1cncc(-c2cccc(CNCC[C@H]3CN(c4ccc5c(n4)NC(=O)CO5)C(=O)O3)c2)n1)C(=O)O. The maximum Gasteiger partial charge on any atom is 0.415 e. The fourth-order valence-electron chi connectivity index (χ4n) is 4.24. The molecule has 5 rings (SSSR count). The second-order valence-corrected chi connectivity index (χ2v) is 9.43. The molecular weight excluding hydrogens is 534 g/mol. The third-order valence-electron chi connectivity index (χ3n) is 6.42. The van der Waals surface area contributed by atoms with E-state index in [1.54, 1.807) is 18.3 Å². The molecule has 0 radical (unpaired) electrons. The van der Waals surface area contributed by atoms with Gasteiger partial charge in [-0.15, -0.1) is 0 Å². The zero-order valence-electron chi connectivity index (χ0n) is 22.3. The first kappa shape index (κ1) is 27.6. The first-order valence-corrected chi connectivity index (χ1v) is 13.0. The van der Waals surface area contributed by atoms with Crippen LogP contribution in [0.25, 0.3) is 11.3 Å². The number of pyridine rings is 1. The van der Waals surface area contributed by atoms with Gasteiger partial charge in [-0.1, -0.05) is 18.2 Å². The van der Waals surface area contributed by atoms with Crippen LogP contribution in [0.15, 0.2) is 48.8 Å². The predicted molar refractivity (Wildman–Crippen MR) is 146 cm³/mol. The summed E-state index contributed by atoms with van der Waals surface area (Å²) in [6.45, 7) is 1.86. The molecular formula is C27H29N7O7. The first-order chi connectivity index (χ1) is 19.9. The number of amides is 3. The van der Waals surface area contributed by atoms with E-state index in [4.69, 9.17) is 19.3 Å². The lowest BCUT2D eigenvalue weighted by molar-refractivity contribution is -0.118. The Morgan fingerprint density at radius 1 is 1.24 bits per heavy atom. The van der Waals surface area contributed by atoms with Crippen molar-refractivity contribution in [3.8, 4) is 22.9 Å². The number of likely N-dealkylation sites (N-methyl/N-ethyl adjacent to an activating group) is 1. The van der Waals surface area contributed by atoms with Crippen LogP contribution >= 0.6 is 0 Å². The van der Waals surface area contributed by atoms with Crippen LogP contribution in [0, 0.1) is 0 Å². The summed E-state index contributed by atoms with van der Waals surface area (Å²) < 4.78 is 16.4. The van der Waals surface area contributed by atoms with Gasteiger partial charge in [0.25, 0.3) is 5.91 Å². The Bertz CT molecular complexity index is 1440. The summed E-state index contributed by atoms with van der Waals surface area (Å²) >= 11 is 0. The van der Waals surface area contributed by atoms with Crippen molar-refractivity contribution in [3.05, 3.63) is 54.4 Å². The molecule has 41 heavy (non-hydrogen) atoms. The van der Waals surface area contributed by atoms with Crippen molar-refractivity contribution < 1.29 is 33.7 Å². The highest BCUT2D eigenvalue weighted by molar-refractivity contribution is 5.95. The molecule has 2 aromatic heterocycles. The normalized spacial score (nSPS) is 15.9. The van der Waals surface area contributed by atoms with Gasteiger partial charge >= 0.3 is 12.2 Å². The lowest BCUT2D eigenvalue weighted by Crippen LogP contribution is -2.29. The van der Waals surface area contributed by atoms with Crippen LogP contribution in [0.5, 0.6) is 11.6 Å². The number of hydrogen-bond acceptors (Lipinski definition) is 10. The van der Waals surface area contributed by atoms with Crippen LogP contribution in [0.2, 0.25) is 0 Å². The van der Waals surface area contributed by atoms with E-state index in [9.17, 15) is 14.4 Å². The molecule has 4 heterocycles. The second-order valence-electron chi connectivity index (χ2n) is 9.43. The molecule has 0 bridgehead atoms. The van der Waals surface area contributed by atoms with Crippen molar-refractivity contribution in [1.29, 1.82) is 0 Å². The summed E-state index contributed by atoms with van der Waals surface area (Å²) in [5.41, 5.74) is 2.53. The van der Waals surface area contributed by atoms with Crippen LogP contribution in [-0.4, -0.2) is 89.1 Å². The number of aromatic nitrogens is 3. The Labute approximate surface area is 235 Å². The average Bonchev–Trinajstić information content (AvgIpc) is 3.35. The van der Waals surface area contributed by atoms with E-state index in [2.05, 4.69) is 25.6 Å². The van der Waals surface area contributed by atoms with E-state index in [0.717, 1.165) is 16.0 Å². The van der Waals surface area contributed by atoms with Gasteiger partial charge in [0.15, 0.2) is 18.2 Å². The number of nitrogens with zero attached hydrogens (tertiary/aromatic N) is 5. The van der Waals surface area contributed by atoms with Crippen molar-refractivity contribution in [3.63, 3.8) is 0 Å². The van der Waals surface area contributed by atoms with E-state index in [1.165, 1.54) is 18.1 Å². The standard InChI is InChI=1S/C27H29N7O7/c1-33(26(36)37)9-10-39-24-14-29-13-20(30-24)18-4-2-3-17(11-18)12-28-8-7-19-15-34(27(38)41-19)22-6-5-21-25(31-22)32-23(35)16-40-21/h2-6,11,13-14,19,28H,7-10,12,15-16H2,1H3,(H,36,37)(H,31,32,35)/t19-/m0/s1. The summed E-state index contributed by atoms with van der Waals surface area (Å²) in [6.07, 6.45) is 1.91. The van der Waals surface area contributed by atoms with Crippen molar-refractivity contribution >= 4 is 29.7 Å². The Morgan fingerprint density at radius 2 is 2.12 bits per heavy atom. The zero-order chi connectivity index (χ0) is 28.8. The number of anilines is 2. The fourth-order valence-corrected chi connectivity index (χ4v) is 4.24. The maximum atomic E-state index is 12.5. The number of ether oxygens (including phenoxy) is 3. The number of nitrogens with one attached hydrogen (secondary N) is 2. The molecule has 14 nitrogen and oxygen atoms in total. The molecule has 14 heteroatoms. The third kappa shape index (κ3) is 6.97. The van der Waals surface area contributed by atoms with E-state index in [1.807, 2.05) is 24.3 Å². The molecule has 1 atom stereocenters. The molecule has 2 aliphatic rings. The summed E-state index contributed by atoms with van der Waals surface area (Å²) in [7, 11) is 1.47. The molecule has 3 N–H and O–H groups in total. The van der Waals surface area contributed by atoms with E-state index < -0.39 is 12.2 Å². The fraction of sp³-hybridized carbons (Fsp3) is 0.333. The number of benzene rings is 1. The minimum Gasteiger partial charge on any atom is -0.480 e. The van der Waals surface area contributed by atoms with Gasteiger partial charge in [-0.05, 0) is 36.7 Å². The number of rotatable bonds is 11. The minimum atomic E-state index is -1.03. The van der Waals surface area contributed by atoms with Gasteiger partial charge in [0, 0.05) is 19.2 Å². The lowest BCUT2D eigenvalue weighted by atomic mass is 10.1. The molecule has 2 aliphatic heterocycles. The number of hydrogen-bond donors (Lipinski definition) is 3. The molecule has 214 valence electrons. The first-order valence-electron chi connectivity index (χ1n) is 13.0. The Morgan fingerprint density at radius 3 is 2.98 bits per heavy atom. The largest absolute Gasteiger partial charge is 0.480 e. The number of cyclic esters (lactones) is 1. The van der Waals surface area contributed by atoms with Crippen LogP contribution in [0.1, 0.15) is 12.0 Å². The summed E-state index contributed by atoms with van der Waals surface area (Å²) in [4.78, 5) is 50.5. The summed E-state index contributed by atoms with van der Waals surface area (Å²) in [6, 6.07) is 11.2. The number of carbonyl (C=O) groups is 3. The molecule has 1 aromatic carbocycles. The van der Waals surface area contributed by atoms with Gasteiger partial charge in [-0.3, -0.25) is 14.7 Å². The number of carbonyl (C=O) groups excluding carboxylic acids is 2. The second kappa shape index (κ2) is 12.5. The van der Waals surface area contributed by atoms with Gasteiger partial charge in [0.05, 0.1) is 31.2 Å². The topological polar surface area (TPSA) is 168 Å². The van der Waals surface area contributed by atoms with Crippen LogP contribution in [-0.2, 0) is 16.1 Å². The quantitative estimate of drug-likeness (QED) is 0.293. The molecule has 0 saturated carbocycles. The Kier molecular flexibility index (Phi) is 8.39. The molecule has 0 aliphatic carbocycles. The highest BCUT2D eigenvalue weighted by atomic mass is 16.6. The summed E-state index contributed by atoms with van der Waals surface area (Å²) in [5.74, 6) is 1.15. The smallest absolute Gasteiger partial charge is 0.415 e. The number of fused-ring (bicyclic) bond motifs is 1. The molecule has 0 spiro atoms. The molecule has 0 unspecified atom stereocenters. The molecule has 1 fully saturated rings.